The molecule has 0 saturated carbocycles. The van der Waals surface area contributed by atoms with Gasteiger partial charge >= 0.3 is 0 Å². The Morgan fingerprint density at radius 2 is 1.81 bits per heavy atom. The van der Waals surface area contributed by atoms with Gasteiger partial charge in [-0.1, -0.05) is 25.1 Å². The monoisotopic (exact) mass is 448 g/mol. The highest BCUT2D eigenvalue weighted by Gasteiger charge is 2.36. The third kappa shape index (κ3) is 4.09. The first kappa shape index (κ1) is 20.9. The molecule has 0 bridgehead atoms. The molecule has 1 unspecified atom stereocenters. The Hall–Kier alpha value is -2.93. The topological polar surface area (TPSA) is 68.4 Å². The number of hydrogen-bond donors (Lipinski definition) is 2. The van der Waals surface area contributed by atoms with Crippen LogP contribution in [0.5, 0.6) is 0 Å². The highest BCUT2D eigenvalue weighted by atomic mass is 32.2. The number of fused-ring (bicyclic) bond motifs is 1. The summed E-state index contributed by atoms with van der Waals surface area (Å²) in [7, 11) is 0. The van der Waals surface area contributed by atoms with Crippen molar-refractivity contribution in [2.45, 2.75) is 25.8 Å². The lowest BCUT2D eigenvalue weighted by atomic mass is 9.99. The van der Waals surface area contributed by atoms with Crippen LogP contribution < -0.4 is 10.2 Å². The van der Waals surface area contributed by atoms with Gasteiger partial charge in [0.25, 0.3) is 5.91 Å². The van der Waals surface area contributed by atoms with Gasteiger partial charge in [-0.15, -0.1) is 11.8 Å². The fraction of sp³-hybridized carbons (Fsp3) is 0.360. The van der Waals surface area contributed by atoms with E-state index in [1.54, 1.807) is 22.9 Å². The number of aromatic nitrogens is 1. The summed E-state index contributed by atoms with van der Waals surface area (Å²) in [4.78, 5) is 33.5. The molecule has 1 atom stereocenters. The van der Waals surface area contributed by atoms with E-state index in [0.29, 0.717) is 17.2 Å². The molecule has 6 nitrogen and oxygen atoms in total. The number of anilines is 2. The molecule has 2 amide bonds. The van der Waals surface area contributed by atoms with E-state index in [-0.39, 0.29) is 11.8 Å². The van der Waals surface area contributed by atoms with Crippen LogP contribution in [0.1, 0.15) is 30.1 Å². The van der Waals surface area contributed by atoms with Crippen LogP contribution in [0, 0.1) is 5.92 Å². The zero-order valence-corrected chi connectivity index (χ0v) is 19.0. The molecule has 0 spiro atoms. The fourth-order valence-electron chi connectivity index (χ4n) is 4.51. The average Bonchev–Trinajstić information content (AvgIpc) is 3.47. The number of nitrogens with zero attached hydrogens (tertiary/aromatic N) is 2. The second-order valence-electron chi connectivity index (χ2n) is 8.74. The van der Waals surface area contributed by atoms with E-state index in [9.17, 15) is 9.59 Å². The second kappa shape index (κ2) is 8.90. The molecule has 3 heterocycles. The Bertz CT molecular complexity index is 1120. The highest BCUT2D eigenvalue weighted by molar-refractivity contribution is 7.99. The van der Waals surface area contributed by atoms with E-state index in [1.807, 2.05) is 36.4 Å². The molecule has 2 aromatic carbocycles. The number of piperidine rings is 1. The Labute approximate surface area is 192 Å². The molecule has 7 heteroatoms. The predicted octanol–water partition coefficient (Wildman–Crippen LogP) is 4.56. The largest absolute Gasteiger partial charge is 0.372 e. The molecule has 2 aliphatic heterocycles. The Morgan fingerprint density at radius 1 is 1.06 bits per heavy atom. The van der Waals surface area contributed by atoms with Crippen LogP contribution in [-0.4, -0.2) is 52.5 Å². The predicted molar refractivity (Wildman–Crippen MR) is 131 cm³/mol. The van der Waals surface area contributed by atoms with E-state index >= 15 is 0 Å². The van der Waals surface area contributed by atoms with Crippen LogP contribution in [0.15, 0.2) is 54.7 Å². The third-order valence-corrected chi connectivity index (χ3v) is 7.56. The van der Waals surface area contributed by atoms with E-state index in [4.69, 9.17) is 0 Å². The molecule has 2 saturated heterocycles. The molecule has 2 aliphatic rings. The molecular formula is C25H28N4O2S. The van der Waals surface area contributed by atoms with Gasteiger partial charge in [-0.05, 0) is 49.1 Å². The van der Waals surface area contributed by atoms with Gasteiger partial charge in [0.15, 0.2) is 0 Å². The van der Waals surface area contributed by atoms with Gasteiger partial charge in [-0.2, -0.15) is 0 Å². The van der Waals surface area contributed by atoms with Crippen molar-refractivity contribution in [1.82, 2.24) is 9.88 Å². The van der Waals surface area contributed by atoms with Crippen molar-refractivity contribution in [3.05, 3.63) is 60.3 Å². The fourth-order valence-corrected chi connectivity index (χ4v) is 5.67. The quantitative estimate of drug-likeness (QED) is 0.614. The number of para-hydroxylation sites is 1. The molecule has 1 aromatic heterocycles. The highest BCUT2D eigenvalue weighted by Crippen LogP contribution is 2.28. The van der Waals surface area contributed by atoms with Crippen LogP contribution in [0.25, 0.3) is 10.9 Å². The van der Waals surface area contributed by atoms with Gasteiger partial charge in [-0.25, -0.2) is 0 Å². The van der Waals surface area contributed by atoms with Crippen LogP contribution in [0.4, 0.5) is 11.4 Å². The zero-order chi connectivity index (χ0) is 22.1. The maximum Gasteiger partial charge on any atom is 0.257 e. The van der Waals surface area contributed by atoms with Crippen molar-refractivity contribution in [3.8, 4) is 0 Å². The van der Waals surface area contributed by atoms with Crippen molar-refractivity contribution in [3.63, 3.8) is 0 Å². The van der Waals surface area contributed by atoms with Gasteiger partial charge < -0.3 is 20.1 Å². The number of amides is 2. The Kier molecular flexibility index (Phi) is 5.83. The normalized spacial score (nSPS) is 19.5. The van der Waals surface area contributed by atoms with Crippen molar-refractivity contribution in [2.24, 2.45) is 5.92 Å². The summed E-state index contributed by atoms with van der Waals surface area (Å²) >= 11 is 1.61. The Morgan fingerprint density at radius 3 is 2.59 bits per heavy atom. The van der Waals surface area contributed by atoms with Gasteiger partial charge in [-0.3, -0.25) is 9.59 Å². The lowest BCUT2D eigenvalue weighted by Gasteiger charge is -2.32. The minimum Gasteiger partial charge on any atom is -0.372 e. The maximum atomic E-state index is 13.2. The summed E-state index contributed by atoms with van der Waals surface area (Å²) in [5.74, 6) is 1.67. The summed E-state index contributed by atoms with van der Waals surface area (Å²) in [5, 5.41) is 3.90. The molecule has 0 radical (unpaired) electrons. The van der Waals surface area contributed by atoms with E-state index in [1.165, 1.54) is 18.5 Å². The smallest absolute Gasteiger partial charge is 0.257 e. The van der Waals surface area contributed by atoms with Gasteiger partial charge in [0.05, 0.1) is 11.4 Å². The van der Waals surface area contributed by atoms with Crippen LogP contribution in [0.3, 0.4) is 0 Å². The first-order valence-corrected chi connectivity index (χ1v) is 12.4. The van der Waals surface area contributed by atoms with Gasteiger partial charge in [0.1, 0.15) is 6.04 Å². The number of benzene rings is 2. The third-order valence-electron chi connectivity index (χ3n) is 6.55. The number of nitrogens with one attached hydrogen (secondary N) is 2. The molecule has 5 rings (SSSR count). The molecular weight excluding hydrogens is 420 g/mol. The molecule has 32 heavy (non-hydrogen) atoms. The SMILES string of the molecule is CC1CCN(c2ccc(NC(=O)C3CSCN3C(=O)c3c[nH]c4ccccc34)cc2)CC1. The molecule has 2 N–H and O–H groups in total. The molecule has 2 fully saturated rings. The number of aromatic amines is 1. The number of carbonyl (C=O) groups is 2. The van der Waals surface area contributed by atoms with Gasteiger partial charge in [0, 0.05) is 47.3 Å². The summed E-state index contributed by atoms with van der Waals surface area (Å²) in [6.07, 6.45) is 4.18. The zero-order valence-electron chi connectivity index (χ0n) is 18.2. The van der Waals surface area contributed by atoms with Crippen molar-refractivity contribution in [2.75, 3.05) is 34.9 Å². The molecule has 0 aliphatic carbocycles. The van der Waals surface area contributed by atoms with Gasteiger partial charge in [0.2, 0.25) is 5.91 Å². The van der Waals surface area contributed by atoms with Crippen LogP contribution in [0.2, 0.25) is 0 Å². The second-order valence-corrected chi connectivity index (χ2v) is 9.74. The summed E-state index contributed by atoms with van der Waals surface area (Å²) < 4.78 is 0. The number of H-pyrrole nitrogens is 1. The summed E-state index contributed by atoms with van der Waals surface area (Å²) in [6.45, 7) is 4.47. The standard InChI is InChI=1S/C25H28N4O2S/c1-17-10-12-28(13-11-17)19-8-6-18(7-9-19)27-24(30)23-15-32-16-29(23)25(31)21-14-26-22-5-3-2-4-20(21)22/h2-9,14,17,23,26H,10-13,15-16H2,1H3,(H,27,30). The Balaban J connectivity index is 1.26. The minimum absolute atomic E-state index is 0.109. The maximum absolute atomic E-state index is 13.2. The molecule has 3 aromatic rings. The van der Waals surface area contributed by atoms with Crippen molar-refractivity contribution >= 4 is 45.9 Å². The van der Waals surface area contributed by atoms with Crippen LogP contribution >= 0.6 is 11.8 Å². The first-order chi connectivity index (χ1) is 15.6. The lowest BCUT2D eigenvalue weighted by molar-refractivity contribution is -0.119. The number of thioether (sulfide) groups is 1. The van der Waals surface area contributed by atoms with Crippen molar-refractivity contribution < 1.29 is 9.59 Å². The number of hydrogen-bond acceptors (Lipinski definition) is 4. The van der Waals surface area contributed by atoms with E-state index < -0.39 is 6.04 Å². The van der Waals surface area contributed by atoms with E-state index in [0.717, 1.165) is 35.6 Å². The van der Waals surface area contributed by atoms with E-state index in [2.05, 4.69) is 34.3 Å². The molecule has 166 valence electrons. The number of carbonyl (C=O) groups excluding carboxylic acids is 2. The lowest BCUT2D eigenvalue weighted by Crippen LogP contribution is -2.44. The minimum atomic E-state index is -0.482. The average molecular weight is 449 g/mol. The summed E-state index contributed by atoms with van der Waals surface area (Å²) in [5.41, 5.74) is 3.50. The van der Waals surface area contributed by atoms with Crippen molar-refractivity contribution in [1.29, 1.82) is 0 Å². The first-order valence-electron chi connectivity index (χ1n) is 11.2. The van der Waals surface area contributed by atoms with Crippen LogP contribution in [-0.2, 0) is 4.79 Å². The number of rotatable bonds is 4. The summed E-state index contributed by atoms with van der Waals surface area (Å²) in [6, 6.07) is 15.3.